The van der Waals surface area contributed by atoms with E-state index in [1.54, 1.807) is 6.20 Å². The zero-order valence-electron chi connectivity index (χ0n) is 12.0. The Hall–Kier alpha value is -1.56. The lowest BCUT2D eigenvalue weighted by Gasteiger charge is -2.28. The molecule has 1 aromatic heterocycles. The normalized spacial score (nSPS) is 14.3. The molecule has 1 N–H and O–H groups in total. The summed E-state index contributed by atoms with van der Waals surface area (Å²) in [6, 6.07) is 9.90. The first-order valence-electron chi connectivity index (χ1n) is 6.98. The van der Waals surface area contributed by atoms with E-state index in [0.717, 1.165) is 37.6 Å². The third-order valence-corrected chi connectivity index (χ3v) is 3.74. The molecule has 0 amide bonds. The fraction of sp³-hybridized carbons (Fsp3) is 0.333. The number of benzene rings is 1. The number of anilines is 1. The molecule has 2 heterocycles. The molecular formula is C15H18Cl2N4O. The van der Waals surface area contributed by atoms with E-state index in [9.17, 15) is 0 Å². The number of hydrogen-bond acceptors (Lipinski definition) is 5. The molecule has 0 saturated carbocycles. The lowest BCUT2D eigenvalue weighted by molar-refractivity contribution is 0.280. The molecule has 1 aromatic carbocycles. The van der Waals surface area contributed by atoms with Crippen LogP contribution in [-0.4, -0.2) is 36.1 Å². The lowest BCUT2D eigenvalue weighted by atomic mass is 10.2. The first kappa shape index (κ1) is 16.8. The van der Waals surface area contributed by atoms with Gasteiger partial charge < -0.3 is 15.0 Å². The van der Waals surface area contributed by atoms with Crippen LogP contribution in [0.3, 0.4) is 0 Å². The van der Waals surface area contributed by atoms with Crippen LogP contribution in [0.2, 0.25) is 5.02 Å². The second-order valence-electron chi connectivity index (χ2n) is 4.81. The molecule has 0 atom stereocenters. The summed E-state index contributed by atoms with van der Waals surface area (Å²) in [5.41, 5.74) is 0.926. The number of halogens is 2. The highest BCUT2D eigenvalue weighted by molar-refractivity contribution is 6.31. The zero-order chi connectivity index (χ0) is 14.5. The maximum atomic E-state index is 6.11. The topological polar surface area (TPSA) is 50.3 Å². The fourth-order valence-corrected chi connectivity index (χ4v) is 2.42. The minimum atomic E-state index is 0. The number of nitrogens with zero attached hydrogens (tertiary/aromatic N) is 3. The Morgan fingerprint density at radius 2 is 1.95 bits per heavy atom. The highest BCUT2D eigenvalue weighted by Crippen LogP contribution is 2.18. The molecule has 3 rings (SSSR count). The first-order chi connectivity index (χ1) is 10.3. The highest BCUT2D eigenvalue weighted by atomic mass is 35.5. The quantitative estimate of drug-likeness (QED) is 0.926. The van der Waals surface area contributed by atoms with E-state index in [-0.39, 0.29) is 12.4 Å². The van der Waals surface area contributed by atoms with Crippen LogP contribution in [0.15, 0.2) is 36.5 Å². The molecule has 5 nitrogen and oxygen atoms in total. The summed E-state index contributed by atoms with van der Waals surface area (Å²) >= 11 is 6.11. The largest absolute Gasteiger partial charge is 0.458 e. The summed E-state index contributed by atoms with van der Waals surface area (Å²) in [5, 5.41) is 4.01. The Bertz CT molecular complexity index is 606. The van der Waals surface area contributed by atoms with Gasteiger partial charge in [-0.3, -0.25) is 0 Å². The molecule has 1 saturated heterocycles. The molecule has 0 radical (unpaired) electrons. The van der Waals surface area contributed by atoms with Crippen LogP contribution < -0.4 is 15.0 Å². The summed E-state index contributed by atoms with van der Waals surface area (Å²) in [4.78, 5) is 10.8. The SMILES string of the molecule is Cl.Clc1ccccc1COc1nccc(N2CCNCC2)n1. The van der Waals surface area contributed by atoms with Gasteiger partial charge in [0.15, 0.2) is 0 Å². The van der Waals surface area contributed by atoms with E-state index in [1.165, 1.54) is 0 Å². The molecule has 0 bridgehead atoms. The third-order valence-electron chi connectivity index (χ3n) is 3.37. The summed E-state index contributed by atoms with van der Waals surface area (Å²) in [5.74, 6) is 0.903. The van der Waals surface area contributed by atoms with Crippen LogP contribution in [-0.2, 0) is 6.61 Å². The van der Waals surface area contributed by atoms with Gasteiger partial charge in [-0.1, -0.05) is 29.8 Å². The van der Waals surface area contributed by atoms with Crippen molar-refractivity contribution in [3.05, 3.63) is 47.1 Å². The van der Waals surface area contributed by atoms with Crippen LogP contribution in [0.25, 0.3) is 0 Å². The van der Waals surface area contributed by atoms with Crippen LogP contribution >= 0.6 is 24.0 Å². The van der Waals surface area contributed by atoms with Gasteiger partial charge in [0, 0.05) is 43.0 Å². The zero-order valence-corrected chi connectivity index (χ0v) is 13.6. The Balaban J connectivity index is 0.00000176. The van der Waals surface area contributed by atoms with Crippen molar-refractivity contribution in [3.63, 3.8) is 0 Å². The van der Waals surface area contributed by atoms with E-state index in [1.807, 2.05) is 30.3 Å². The Morgan fingerprint density at radius 1 is 1.18 bits per heavy atom. The van der Waals surface area contributed by atoms with Crippen molar-refractivity contribution >= 4 is 29.8 Å². The van der Waals surface area contributed by atoms with Crippen LogP contribution in [0.5, 0.6) is 6.01 Å². The number of piperazine rings is 1. The standard InChI is InChI=1S/C15H17ClN4O.ClH/c16-13-4-2-1-3-12(13)11-21-15-18-6-5-14(19-15)20-9-7-17-8-10-20;/h1-6,17H,7-11H2;1H. The van der Waals surface area contributed by atoms with Crippen molar-refractivity contribution < 1.29 is 4.74 Å². The van der Waals surface area contributed by atoms with Gasteiger partial charge in [-0.15, -0.1) is 12.4 Å². The third kappa shape index (κ3) is 4.22. The van der Waals surface area contributed by atoms with E-state index < -0.39 is 0 Å². The van der Waals surface area contributed by atoms with Crippen LogP contribution in [0.4, 0.5) is 5.82 Å². The second-order valence-corrected chi connectivity index (χ2v) is 5.22. The summed E-state index contributed by atoms with van der Waals surface area (Å²) in [6.45, 7) is 4.20. The van der Waals surface area contributed by atoms with Crippen molar-refractivity contribution in [2.24, 2.45) is 0 Å². The van der Waals surface area contributed by atoms with Crippen molar-refractivity contribution in [1.29, 1.82) is 0 Å². The van der Waals surface area contributed by atoms with Gasteiger partial charge in [0.1, 0.15) is 12.4 Å². The number of hydrogen-bond donors (Lipinski definition) is 1. The summed E-state index contributed by atoms with van der Waals surface area (Å²) in [7, 11) is 0. The minimum absolute atomic E-state index is 0. The van der Waals surface area contributed by atoms with Crippen molar-refractivity contribution in [2.75, 3.05) is 31.1 Å². The van der Waals surface area contributed by atoms with Gasteiger partial charge in [-0.25, -0.2) is 4.98 Å². The van der Waals surface area contributed by atoms with Crippen LogP contribution in [0.1, 0.15) is 5.56 Å². The van der Waals surface area contributed by atoms with Gasteiger partial charge in [0.05, 0.1) is 0 Å². The molecule has 118 valence electrons. The van der Waals surface area contributed by atoms with E-state index >= 15 is 0 Å². The Kier molecular flexibility index (Phi) is 6.24. The fourth-order valence-electron chi connectivity index (χ4n) is 2.23. The van der Waals surface area contributed by atoms with Gasteiger partial charge >= 0.3 is 6.01 Å². The maximum absolute atomic E-state index is 6.11. The minimum Gasteiger partial charge on any atom is -0.458 e. The molecule has 7 heteroatoms. The molecule has 22 heavy (non-hydrogen) atoms. The van der Waals surface area contributed by atoms with Gasteiger partial charge in [0.25, 0.3) is 0 Å². The van der Waals surface area contributed by atoms with E-state index in [4.69, 9.17) is 16.3 Å². The number of aromatic nitrogens is 2. The number of ether oxygens (including phenoxy) is 1. The van der Waals surface area contributed by atoms with Gasteiger partial charge in [0.2, 0.25) is 0 Å². The molecule has 0 spiro atoms. The highest BCUT2D eigenvalue weighted by Gasteiger charge is 2.12. The molecule has 0 unspecified atom stereocenters. The Labute approximate surface area is 141 Å². The average Bonchev–Trinajstić information content (AvgIpc) is 2.55. The molecule has 1 fully saturated rings. The molecule has 1 aliphatic rings. The van der Waals surface area contributed by atoms with Gasteiger partial charge in [-0.05, 0) is 12.1 Å². The maximum Gasteiger partial charge on any atom is 0.318 e. The van der Waals surface area contributed by atoms with E-state index in [0.29, 0.717) is 17.6 Å². The van der Waals surface area contributed by atoms with E-state index in [2.05, 4.69) is 20.2 Å². The van der Waals surface area contributed by atoms with Crippen molar-refractivity contribution in [2.45, 2.75) is 6.61 Å². The second kappa shape index (κ2) is 8.17. The molecule has 1 aliphatic heterocycles. The predicted octanol–water partition coefficient (Wildman–Crippen LogP) is 2.54. The average molecular weight is 341 g/mol. The molecular weight excluding hydrogens is 323 g/mol. The Morgan fingerprint density at radius 3 is 2.73 bits per heavy atom. The van der Waals surface area contributed by atoms with Crippen molar-refractivity contribution in [1.82, 2.24) is 15.3 Å². The predicted molar refractivity (Wildman–Crippen MR) is 90.1 cm³/mol. The first-order valence-corrected chi connectivity index (χ1v) is 7.35. The number of rotatable bonds is 4. The lowest BCUT2D eigenvalue weighted by Crippen LogP contribution is -2.43. The van der Waals surface area contributed by atoms with Crippen molar-refractivity contribution in [3.8, 4) is 6.01 Å². The monoisotopic (exact) mass is 340 g/mol. The number of nitrogens with one attached hydrogen (secondary N) is 1. The van der Waals surface area contributed by atoms with Crippen LogP contribution in [0, 0.1) is 0 Å². The molecule has 2 aromatic rings. The smallest absolute Gasteiger partial charge is 0.318 e. The summed E-state index contributed by atoms with van der Waals surface area (Å²) in [6.07, 6.45) is 1.73. The molecule has 0 aliphatic carbocycles. The van der Waals surface area contributed by atoms with Gasteiger partial charge in [-0.2, -0.15) is 4.98 Å². The summed E-state index contributed by atoms with van der Waals surface area (Å²) < 4.78 is 5.66.